The van der Waals surface area contributed by atoms with Crippen molar-refractivity contribution in [2.75, 3.05) is 0 Å². The van der Waals surface area contributed by atoms with E-state index >= 15 is 0 Å². The maximum absolute atomic E-state index is 12.2. The van der Waals surface area contributed by atoms with Crippen LogP contribution in [0.15, 0.2) is 30.3 Å². The van der Waals surface area contributed by atoms with Crippen LogP contribution in [0, 0.1) is 0 Å². The second-order valence-electron chi connectivity index (χ2n) is 6.02. The smallest absolute Gasteiger partial charge is 0.245 e. The quantitative estimate of drug-likeness (QED) is 0.728. The van der Waals surface area contributed by atoms with Crippen LogP contribution in [0.4, 0.5) is 0 Å². The molecule has 0 aliphatic heterocycles. The molecule has 5 heteroatoms. The lowest BCUT2D eigenvalue weighted by atomic mass is 9.96. The molecule has 0 radical (unpaired) electrons. The van der Waals surface area contributed by atoms with Gasteiger partial charge in [-0.1, -0.05) is 50.1 Å². The first-order valence-corrected chi connectivity index (χ1v) is 7.90. The van der Waals surface area contributed by atoms with Crippen molar-refractivity contribution in [1.29, 1.82) is 0 Å². The average Bonchev–Trinajstić information content (AvgIpc) is 2.93. The minimum atomic E-state index is -0.904. The van der Waals surface area contributed by atoms with E-state index in [0.29, 0.717) is 19.3 Å². The van der Waals surface area contributed by atoms with E-state index in [2.05, 4.69) is 10.9 Å². The van der Waals surface area contributed by atoms with Crippen molar-refractivity contribution in [3.63, 3.8) is 0 Å². The van der Waals surface area contributed by atoms with Crippen molar-refractivity contribution >= 4 is 11.8 Å². The number of aliphatic hydroxyl groups is 1. The van der Waals surface area contributed by atoms with Crippen LogP contribution in [0.25, 0.3) is 0 Å². The highest BCUT2D eigenvalue weighted by Gasteiger charge is 2.33. The number of hydrogen-bond donors (Lipinski definition) is 3. The fraction of sp³-hybridized carbons (Fsp3) is 0.529. The van der Waals surface area contributed by atoms with Crippen LogP contribution in [-0.4, -0.2) is 22.5 Å². The van der Waals surface area contributed by atoms with Crippen molar-refractivity contribution in [2.45, 2.75) is 57.0 Å². The zero-order chi connectivity index (χ0) is 16.0. The largest absolute Gasteiger partial charge is 0.389 e. The molecule has 1 atom stereocenters. The Morgan fingerprint density at radius 2 is 1.82 bits per heavy atom. The summed E-state index contributed by atoms with van der Waals surface area (Å²) in [5, 5.41) is 10.2. The maximum Gasteiger partial charge on any atom is 0.245 e. The van der Waals surface area contributed by atoms with Crippen LogP contribution in [0.3, 0.4) is 0 Å². The molecular weight excluding hydrogens is 280 g/mol. The third-order valence-corrected chi connectivity index (χ3v) is 4.28. The average molecular weight is 304 g/mol. The molecule has 2 rings (SSSR count). The predicted molar refractivity (Wildman–Crippen MR) is 83.8 cm³/mol. The Morgan fingerprint density at radius 3 is 2.41 bits per heavy atom. The van der Waals surface area contributed by atoms with Gasteiger partial charge in [0.1, 0.15) is 0 Å². The van der Waals surface area contributed by atoms with Gasteiger partial charge in [0.25, 0.3) is 0 Å². The second-order valence-corrected chi connectivity index (χ2v) is 6.02. The molecule has 1 aromatic carbocycles. The highest BCUT2D eigenvalue weighted by molar-refractivity contribution is 5.86. The molecule has 1 aliphatic rings. The molecule has 1 fully saturated rings. The molecule has 0 aromatic heterocycles. The third-order valence-electron chi connectivity index (χ3n) is 4.28. The van der Waals surface area contributed by atoms with Gasteiger partial charge in [-0.15, -0.1) is 0 Å². The highest BCUT2D eigenvalue weighted by atomic mass is 16.3. The number of hydrogen-bond acceptors (Lipinski definition) is 3. The molecule has 0 bridgehead atoms. The van der Waals surface area contributed by atoms with E-state index in [9.17, 15) is 14.7 Å². The third kappa shape index (κ3) is 4.31. The number of carbonyl (C=O) groups excluding carboxylic acids is 2. The summed E-state index contributed by atoms with van der Waals surface area (Å²) in [5.74, 6) is -0.878. The molecule has 1 saturated carbocycles. The first kappa shape index (κ1) is 16.5. The van der Waals surface area contributed by atoms with Crippen LogP contribution < -0.4 is 10.9 Å². The Balaban J connectivity index is 1.84. The first-order valence-electron chi connectivity index (χ1n) is 7.90. The molecular formula is C17H24N2O3. The molecule has 2 amide bonds. The van der Waals surface area contributed by atoms with E-state index in [4.69, 9.17) is 0 Å². The zero-order valence-corrected chi connectivity index (χ0v) is 13.0. The Morgan fingerprint density at radius 1 is 1.18 bits per heavy atom. The lowest BCUT2D eigenvalue weighted by Crippen LogP contribution is -2.46. The van der Waals surface area contributed by atoms with E-state index in [-0.39, 0.29) is 24.2 Å². The van der Waals surface area contributed by atoms with Crippen LogP contribution in [0.1, 0.15) is 56.9 Å². The molecule has 1 aromatic rings. The molecule has 1 aliphatic carbocycles. The molecule has 22 heavy (non-hydrogen) atoms. The van der Waals surface area contributed by atoms with Gasteiger partial charge in [-0.2, -0.15) is 0 Å². The number of rotatable bonds is 5. The van der Waals surface area contributed by atoms with Gasteiger partial charge >= 0.3 is 0 Å². The number of carbonyl (C=O) groups is 2. The monoisotopic (exact) mass is 304 g/mol. The van der Waals surface area contributed by atoms with Crippen molar-refractivity contribution in [2.24, 2.45) is 0 Å². The summed E-state index contributed by atoms with van der Waals surface area (Å²) in [7, 11) is 0. The van der Waals surface area contributed by atoms with E-state index in [1.165, 1.54) is 0 Å². The Hall–Kier alpha value is -1.88. The van der Waals surface area contributed by atoms with Gasteiger partial charge in [0.2, 0.25) is 11.8 Å². The van der Waals surface area contributed by atoms with Gasteiger partial charge in [0, 0.05) is 0 Å². The van der Waals surface area contributed by atoms with Crippen molar-refractivity contribution in [1.82, 2.24) is 10.9 Å². The number of benzene rings is 1. The topological polar surface area (TPSA) is 78.4 Å². The van der Waals surface area contributed by atoms with E-state index in [0.717, 1.165) is 18.4 Å². The first-order chi connectivity index (χ1) is 10.5. The van der Waals surface area contributed by atoms with Gasteiger partial charge < -0.3 is 5.11 Å². The molecule has 5 nitrogen and oxygen atoms in total. The highest BCUT2D eigenvalue weighted by Crippen LogP contribution is 2.32. The second kappa shape index (κ2) is 7.40. The summed E-state index contributed by atoms with van der Waals surface area (Å²) in [5.41, 5.74) is 4.91. The van der Waals surface area contributed by atoms with Gasteiger partial charge in [-0.25, -0.2) is 0 Å². The van der Waals surface area contributed by atoms with Crippen molar-refractivity contribution < 1.29 is 14.7 Å². The lowest BCUT2D eigenvalue weighted by Gasteiger charge is -2.22. The number of hydrazine groups is 1. The maximum atomic E-state index is 12.2. The van der Waals surface area contributed by atoms with E-state index < -0.39 is 5.60 Å². The SMILES string of the molecule is CCC(C(=O)NNC(=O)CC1(O)CCCC1)c1ccccc1. The summed E-state index contributed by atoms with van der Waals surface area (Å²) in [6, 6.07) is 9.48. The van der Waals surface area contributed by atoms with Crippen molar-refractivity contribution in [3.8, 4) is 0 Å². The van der Waals surface area contributed by atoms with Crippen LogP contribution >= 0.6 is 0 Å². The molecule has 0 saturated heterocycles. The van der Waals surface area contributed by atoms with Crippen LogP contribution in [-0.2, 0) is 9.59 Å². The van der Waals surface area contributed by atoms with E-state index in [1.807, 2.05) is 37.3 Å². The van der Waals surface area contributed by atoms with Crippen LogP contribution in [0.2, 0.25) is 0 Å². The minimum absolute atomic E-state index is 0.0371. The van der Waals surface area contributed by atoms with Crippen LogP contribution in [0.5, 0.6) is 0 Å². The lowest BCUT2D eigenvalue weighted by molar-refractivity contribution is -0.132. The Bertz CT molecular complexity index is 510. The summed E-state index contributed by atoms with van der Waals surface area (Å²) in [6.07, 6.45) is 3.88. The molecule has 0 spiro atoms. The Kier molecular flexibility index (Phi) is 5.55. The molecule has 120 valence electrons. The van der Waals surface area contributed by atoms with Gasteiger partial charge in [-0.3, -0.25) is 20.4 Å². The number of nitrogens with one attached hydrogen (secondary N) is 2. The standard InChI is InChI=1S/C17H24N2O3/c1-2-14(13-8-4-3-5-9-13)16(21)19-18-15(20)12-17(22)10-6-7-11-17/h3-5,8-9,14,22H,2,6-7,10-12H2,1H3,(H,18,20)(H,19,21). The normalized spacial score (nSPS) is 17.7. The molecule has 1 unspecified atom stereocenters. The van der Waals surface area contributed by atoms with Gasteiger partial charge in [0.05, 0.1) is 17.9 Å². The summed E-state index contributed by atoms with van der Waals surface area (Å²) < 4.78 is 0. The Labute approximate surface area is 131 Å². The van der Waals surface area contributed by atoms with E-state index in [1.54, 1.807) is 0 Å². The van der Waals surface area contributed by atoms with Gasteiger partial charge in [0.15, 0.2) is 0 Å². The summed E-state index contributed by atoms with van der Waals surface area (Å²) in [4.78, 5) is 24.1. The molecule has 0 heterocycles. The zero-order valence-electron chi connectivity index (χ0n) is 13.0. The number of amides is 2. The summed E-state index contributed by atoms with van der Waals surface area (Å²) in [6.45, 7) is 1.93. The summed E-state index contributed by atoms with van der Waals surface area (Å²) >= 11 is 0. The molecule has 3 N–H and O–H groups in total. The fourth-order valence-corrected chi connectivity index (χ4v) is 3.03. The minimum Gasteiger partial charge on any atom is -0.389 e. The predicted octanol–water partition coefficient (Wildman–Crippen LogP) is 2.02. The fourth-order valence-electron chi connectivity index (χ4n) is 3.03. The van der Waals surface area contributed by atoms with Gasteiger partial charge in [-0.05, 0) is 24.8 Å². The van der Waals surface area contributed by atoms with Crippen molar-refractivity contribution in [3.05, 3.63) is 35.9 Å².